The number of fused-ring (bicyclic) bond motifs is 5. The smallest absolute Gasteiger partial charge is 0.324 e. The molecule has 0 amide bonds. The van der Waals surface area contributed by atoms with Gasteiger partial charge in [0.2, 0.25) is 5.78 Å². The zero-order valence-electron chi connectivity index (χ0n) is 23.6. The second kappa shape index (κ2) is 11.2. The number of nitrogens with zero attached hydrogens (tertiary/aromatic N) is 8. The number of anilines is 1. The number of imidazole rings is 3. The van der Waals surface area contributed by atoms with Crippen LogP contribution in [0.1, 0.15) is 24.9 Å². The zero-order valence-corrected chi connectivity index (χ0v) is 27.1. The van der Waals surface area contributed by atoms with E-state index in [0.29, 0.717) is 29.0 Å². The van der Waals surface area contributed by atoms with E-state index in [2.05, 4.69) is 29.9 Å². The third-order valence-electron chi connectivity index (χ3n) is 9.11. The Morgan fingerprint density at radius 2 is 1.65 bits per heavy atom. The quantitative estimate of drug-likeness (QED) is 0.192. The van der Waals surface area contributed by atoms with E-state index in [4.69, 9.17) is 47.4 Å². The predicted octanol–water partition coefficient (Wildman–Crippen LogP) is 1.75. The van der Waals surface area contributed by atoms with Crippen LogP contribution in [0.5, 0.6) is 0 Å². The fraction of sp³-hybridized carbons (Fsp3) is 0.500. The van der Waals surface area contributed by atoms with Crippen LogP contribution in [0.2, 0.25) is 0 Å². The summed E-state index contributed by atoms with van der Waals surface area (Å²) in [5.41, 5.74) is 6.96. The van der Waals surface area contributed by atoms with Crippen molar-refractivity contribution in [2.75, 3.05) is 25.6 Å². The number of rotatable bonds is 2. The Labute approximate surface area is 268 Å². The Kier molecular flexibility index (Phi) is 7.41. The maximum Gasteiger partial charge on any atom is 0.324 e. The number of halogens is 1. The van der Waals surface area contributed by atoms with E-state index < -0.39 is 37.7 Å². The van der Waals surface area contributed by atoms with Crippen molar-refractivity contribution in [2.45, 2.75) is 37.2 Å². The van der Waals surface area contributed by atoms with Gasteiger partial charge < -0.3 is 47.7 Å². The van der Waals surface area contributed by atoms with Gasteiger partial charge in [0.1, 0.15) is 29.8 Å². The number of hydrogen-bond donors (Lipinski definition) is 4. The van der Waals surface area contributed by atoms with Crippen LogP contribution in [-0.4, -0.2) is 85.3 Å². The molecule has 5 aromatic rings. The number of H-pyrrole nitrogens is 1. The fourth-order valence-electron chi connectivity index (χ4n) is 6.73. The molecule has 3 fully saturated rings. The Balaban J connectivity index is 1.06. The average molecular weight is 713 g/mol. The van der Waals surface area contributed by atoms with Crippen molar-refractivity contribution in [1.82, 2.24) is 43.4 Å². The van der Waals surface area contributed by atoms with Gasteiger partial charge in [0.05, 0.1) is 38.5 Å². The molecule has 5 aromatic heterocycles. The molecule has 3 aliphatic rings. The number of hydrogen-bond acceptors (Lipinski definition) is 13. The van der Waals surface area contributed by atoms with Crippen LogP contribution >= 0.6 is 13.4 Å². The molecule has 0 spiro atoms. The Bertz CT molecular complexity index is 2140. The monoisotopic (exact) mass is 712 g/mol. The summed E-state index contributed by atoms with van der Waals surface area (Å²) in [6.45, 7) is -8.06. The summed E-state index contributed by atoms with van der Waals surface area (Å²) in [5.74, 6) is -0.731. The molecule has 244 valence electrons. The van der Waals surface area contributed by atoms with E-state index in [-0.39, 0.29) is 61.0 Å². The maximum absolute atomic E-state index is 16.2. The number of nitrogens with two attached hydrogens (primary N) is 1. The number of nitrogens with one attached hydrogen (secondary N) is 1. The number of nitrogen functional groups attached to an aromatic ring is 1. The molecular weight excluding hydrogens is 685 g/mol. The van der Waals surface area contributed by atoms with Crippen molar-refractivity contribution in [3.63, 3.8) is 0 Å². The molecule has 0 radical (unpaired) electrons. The zero-order chi connectivity index (χ0) is 32.0. The molecule has 2 unspecified atom stereocenters. The summed E-state index contributed by atoms with van der Waals surface area (Å²) in [5, 5.41) is 0. The van der Waals surface area contributed by atoms with E-state index in [9.17, 15) is 14.6 Å². The second-order valence-electron chi connectivity index (χ2n) is 11.6. The van der Waals surface area contributed by atoms with E-state index in [1.54, 1.807) is 12.5 Å². The molecule has 8 rings (SSSR count). The summed E-state index contributed by atoms with van der Waals surface area (Å²) in [7, 11) is 0. The fourth-order valence-corrected chi connectivity index (χ4v) is 9.43. The van der Waals surface area contributed by atoms with Crippen molar-refractivity contribution < 1.29 is 32.3 Å². The van der Waals surface area contributed by atoms with E-state index in [1.807, 2.05) is 4.57 Å². The minimum Gasteiger partial charge on any atom is -0.382 e. The van der Waals surface area contributed by atoms with Gasteiger partial charge in [0.25, 0.3) is 5.56 Å². The molecule has 0 aromatic carbocycles. The SMILES string of the molecule is Nc1ncnc2c1ncn2[C@@H]1C[C@@H]2COP(O)(=S)OC[C@@H]3[C@@H](COP(O)(=S)O[C@H]2[C@H]1F)C[C@H]3n1cnc2c(=O)n3ccnc3[nH]c21. The lowest BCUT2D eigenvalue weighted by atomic mass is 9.70. The van der Waals surface area contributed by atoms with Crippen LogP contribution in [0.3, 0.4) is 0 Å². The molecule has 17 nitrogen and oxygen atoms in total. The van der Waals surface area contributed by atoms with Gasteiger partial charge in [-0.3, -0.25) is 4.79 Å². The lowest BCUT2D eigenvalue weighted by Crippen LogP contribution is -2.43. The van der Waals surface area contributed by atoms with Gasteiger partial charge in [-0.2, -0.15) is 0 Å². The highest BCUT2D eigenvalue weighted by atomic mass is 32.5. The van der Waals surface area contributed by atoms with Crippen LogP contribution in [0.4, 0.5) is 10.2 Å². The lowest BCUT2D eigenvalue weighted by molar-refractivity contribution is -0.00326. The number of aromatic nitrogens is 9. The lowest BCUT2D eigenvalue weighted by Gasteiger charge is -2.45. The Hall–Kier alpha value is -2.77. The van der Waals surface area contributed by atoms with E-state index >= 15 is 4.39 Å². The van der Waals surface area contributed by atoms with Crippen molar-refractivity contribution in [2.24, 2.45) is 17.8 Å². The van der Waals surface area contributed by atoms with E-state index in [1.165, 1.54) is 27.8 Å². The molecule has 1 saturated heterocycles. The Morgan fingerprint density at radius 1 is 0.935 bits per heavy atom. The first-order valence-corrected chi connectivity index (χ1v) is 19.4. The molecule has 2 saturated carbocycles. The standard InChI is InChI=1S/C24H27FN10O7P2S2/c25-16-15(35-9-30-17-20(26)28-8-29-21(17)35)4-12-6-39-43(37,45)41-7-13-11(5-40-44(38,46)42-19(12)16)3-14(13)34-10-31-18-22(34)32-24-27-1-2-33(24)23(18)36/h1-2,8-16,19H,3-7H2,(H,27,32)(H,37,45)(H,38,46)(H2,26,28,29)/t11-,12-,13-,14-,15-,16+,19-,43?,44?/m1/s1. The van der Waals surface area contributed by atoms with Gasteiger partial charge >= 0.3 is 13.4 Å². The number of aromatic amines is 1. The van der Waals surface area contributed by atoms with Crippen molar-refractivity contribution in [3.8, 4) is 0 Å². The molecular formula is C24H27FN10O7P2S2. The highest BCUT2D eigenvalue weighted by molar-refractivity contribution is 8.07. The minimum atomic E-state index is -3.96. The van der Waals surface area contributed by atoms with Gasteiger partial charge in [0.15, 0.2) is 17.0 Å². The maximum atomic E-state index is 16.2. The third kappa shape index (κ3) is 5.11. The minimum absolute atomic E-state index is 0.0260. The largest absolute Gasteiger partial charge is 0.382 e. The molecule has 1 aliphatic heterocycles. The van der Waals surface area contributed by atoms with Crippen molar-refractivity contribution in [3.05, 3.63) is 41.7 Å². The average Bonchev–Trinajstić information content (AvgIpc) is 3.79. The molecule has 9 atom stereocenters. The summed E-state index contributed by atoms with van der Waals surface area (Å²) in [6, 6.07) is -1.09. The van der Waals surface area contributed by atoms with Crippen molar-refractivity contribution >= 4 is 71.0 Å². The van der Waals surface area contributed by atoms with Gasteiger partial charge in [-0.05, 0) is 42.4 Å². The highest BCUT2D eigenvalue weighted by Gasteiger charge is 2.50. The molecule has 22 heteroatoms. The van der Waals surface area contributed by atoms with Crippen LogP contribution < -0.4 is 11.3 Å². The molecule has 6 heterocycles. The van der Waals surface area contributed by atoms with Crippen molar-refractivity contribution in [1.29, 1.82) is 0 Å². The normalized spacial score (nSPS) is 35.7. The highest BCUT2D eigenvalue weighted by Crippen LogP contribution is 2.56. The first-order chi connectivity index (χ1) is 22.0. The Morgan fingerprint density at radius 3 is 2.50 bits per heavy atom. The summed E-state index contributed by atoms with van der Waals surface area (Å²) < 4.78 is 44.1. The van der Waals surface area contributed by atoms with Crippen LogP contribution in [0.25, 0.3) is 28.1 Å². The van der Waals surface area contributed by atoms with Gasteiger partial charge in [-0.15, -0.1) is 0 Å². The third-order valence-corrected chi connectivity index (χ3v) is 12.3. The molecule has 0 bridgehead atoms. The predicted molar refractivity (Wildman–Crippen MR) is 167 cm³/mol. The van der Waals surface area contributed by atoms with Gasteiger partial charge in [0, 0.05) is 30.3 Å². The van der Waals surface area contributed by atoms with Crippen LogP contribution in [0.15, 0.2) is 36.2 Å². The van der Waals surface area contributed by atoms with Crippen LogP contribution in [-0.2, 0) is 41.7 Å². The summed E-state index contributed by atoms with van der Waals surface area (Å²) in [6.07, 6.45) is 5.01. The second-order valence-corrected chi connectivity index (χ2v) is 17.2. The van der Waals surface area contributed by atoms with Gasteiger partial charge in [-0.25, -0.2) is 33.7 Å². The molecule has 2 aliphatic carbocycles. The number of alkyl halides is 1. The molecule has 5 N–H and O–H groups in total. The molecule has 46 heavy (non-hydrogen) atoms. The van der Waals surface area contributed by atoms with Crippen LogP contribution in [0, 0.1) is 17.8 Å². The van der Waals surface area contributed by atoms with E-state index in [0.717, 1.165) is 0 Å². The van der Waals surface area contributed by atoms with Gasteiger partial charge in [-0.1, -0.05) is 0 Å². The first kappa shape index (κ1) is 30.6. The first-order valence-electron chi connectivity index (χ1n) is 14.3. The summed E-state index contributed by atoms with van der Waals surface area (Å²) in [4.78, 5) is 59.1. The summed E-state index contributed by atoms with van der Waals surface area (Å²) >= 11 is 10.7. The topological polar surface area (TPSA) is 215 Å².